The molecule has 0 fully saturated rings. The van der Waals surface area contributed by atoms with Crippen LogP contribution in [0.3, 0.4) is 0 Å². The number of sulfone groups is 1. The van der Waals surface area contributed by atoms with Crippen LogP contribution in [-0.2, 0) is 23.2 Å². The van der Waals surface area contributed by atoms with E-state index in [1.165, 1.54) is 71.2 Å². The smallest absolute Gasteiger partial charge is 0.270 e. The lowest BCUT2D eigenvalue weighted by molar-refractivity contribution is -0.384. The molecule has 0 bridgehead atoms. The van der Waals surface area contributed by atoms with E-state index in [-0.39, 0.29) is 21.2 Å². The van der Waals surface area contributed by atoms with E-state index in [4.69, 9.17) is 24.4 Å². The fraction of sp³-hybridized carbons (Fsp3) is 0.0714. The average molecular weight is 697 g/mol. The van der Waals surface area contributed by atoms with Gasteiger partial charge in [-0.3, -0.25) is 20.2 Å². The van der Waals surface area contributed by atoms with Gasteiger partial charge < -0.3 is 19.8 Å². The lowest BCUT2D eigenvalue weighted by Crippen LogP contribution is -2.09. The quantitative estimate of drug-likeness (QED) is 0.0819. The molecule has 12 nitrogen and oxygen atoms in total. The van der Waals surface area contributed by atoms with E-state index in [0.717, 1.165) is 11.0 Å². The number of hydrogen-bond acceptors (Lipinski definition) is 12. The van der Waals surface area contributed by atoms with Crippen molar-refractivity contribution in [3.05, 3.63) is 113 Å². The van der Waals surface area contributed by atoms with E-state index < -0.39 is 19.7 Å². The van der Waals surface area contributed by atoms with Gasteiger partial charge in [0.1, 0.15) is 0 Å². The first-order valence-corrected chi connectivity index (χ1v) is 16.9. The average Bonchev–Trinajstić information content (AvgIpc) is 3.52. The van der Waals surface area contributed by atoms with Crippen molar-refractivity contribution in [1.29, 1.82) is 0 Å². The highest BCUT2D eigenvalue weighted by molar-refractivity contribution is 7.91. The van der Waals surface area contributed by atoms with E-state index in [1.807, 2.05) is 9.13 Å². The summed E-state index contributed by atoms with van der Waals surface area (Å²) in [6, 6.07) is 21.9. The zero-order valence-corrected chi connectivity index (χ0v) is 26.9. The number of nitro benzene ring substituents is 2. The third-order valence-corrected chi connectivity index (χ3v) is 11.5. The maximum absolute atomic E-state index is 13.3. The third kappa shape index (κ3) is 6.07. The van der Waals surface area contributed by atoms with Gasteiger partial charge in [-0.1, -0.05) is 0 Å². The van der Waals surface area contributed by atoms with Crippen molar-refractivity contribution in [1.82, 2.24) is 9.13 Å². The van der Waals surface area contributed by atoms with Crippen molar-refractivity contribution in [2.45, 2.75) is 23.1 Å². The molecule has 0 aliphatic heterocycles. The molecular formula is C28H20N6O6S5. The van der Waals surface area contributed by atoms with Gasteiger partial charge in [0, 0.05) is 35.6 Å². The Morgan fingerprint density at radius 2 is 1.02 bits per heavy atom. The van der Waals surface area contributed by atoms with Gasteiger partial charge >= 0.3 is 0 Å². The number of non-ortho nitro benzene ring substituents is 2. The molecule has 45 heavy (non-hydrogen) atoms. The van der Waals surface area contributed by atoms with Gasteiger partial charge in [0.05, 0.1) is 53.4 Å². The number of aromatic nitrogens is 2. The van der Waals surface area contributed by atoms with Crippen LogP contribution in [-0.4, -0.2) is 27.4 Å². The highest BCUT2D eigenvalue weighted by atomic mass is 32.2. The van der Waals surface area contributed by atoms with Crippen molar-refractivity contribution in [3.8, 4) is 0 Å². The Morgan fingerprint density at radius 1 is 0.644 bits per heavy atom. The van der Waals surface area contributed by atoms with Crippen LogP contribution in [0.4, 0.5) is 22.7 Å². The molecule has 17 heteroatoms. The topological polar surface area (TPSA) is 154 Å². The van der Waals surface area contributed by atoms with Crippen molar-refractivity contribution in [2.24, 2.45) is 0 Å². The Morgan fingerprint density at radius 3 is 1.38 bits per heavy atom. The summed E-state index contributed by atoms with van der Waals surface area (Å²) in [5, 5.41) is 28.6. The number of benzene rings is 4. The number of thiazole rings is 2. The van der Waals surface area contributed by atoms with Crippen LogP contribution in [0.1, 0.15) is 0 Å². The lowest BCUT2D eigenvalue weighted by atomic mass is 10.3. The zero-order chi connectivity index (χ0) is 31.9. The van der Waals surface area contributed by atoms with E-state index in [0.29, 0.717) is 42.0 Å². The van der Waals surface area contributed by atoms with Gasteiger partial charge in [-0.2, -0.15) is 0 Å². The molecule has 6 aromatic rings. The summed E-state index contributed by atoms with van der Waals surface area (Å²) in [4.78, 5) is 21.5. The second kappa shape index (κ2) is 12.1. The van der Waals surface area contributed by atoms with Gasteiger partial charge in [-0.25, -0.2) is 8.42 Å². The van der Waals surface area contributed by atoms with Gasteiger partial charge in [-0.15, -0.1) is 22.7 Å². The van der Waals surface area contributed by atoms with Crippen molar-refractivity contribution in [3.63, 3.8) is 0 Å². The maximum atomic E-state index is 13.3. The predicted octanol–water partition coefficient (Wildman–Crippen LogP) is 7.97. The first-order valence-electron chi connectivity index (χ1n) is 13.0. The van der Waals surface area contributed by atoms with Crippen LogP contribution in [0.5, 0.6) is 0 Å². The molecule has 0 saturated heterocycles. The first kappa shape index (κ1) is 30.5. The normalized spacial score (nSPS) is 11.6. The minimum atomic E-state index is -3.79. The van der Waals surface area contributed by atoms with Crippen LogP contribution in [0.25, 0.3) is 20.4 Å². The molecular weight excluding hydrogens is 677 g/mol. The number of nitrogens with one attached hydrogen (secondary N) is 2. The van der Waals surface area contributed by atoms with Gasteiger partial charge in [0.25, 0.3) is 11.4 Å². The minimum absolute atomic E-state index is 0.00439. The summed E-state index contributed by atoms with van der Waals surface area (Å²) in [7, 11) is -3.79. The molecule has 0 atom stereocenters. The highest BCUT2D eigenvalue weighted by Crippen LogP contribution is 2.30. The molecule has 0 spiro atoms. The summed E-state index contributed by atoms with van der Waals surface area (Å²) in [6.45, 7) is 0.590. The van der Waals surface area contributed by atoms with Crippen LogP contribution < -0.4 is 10.6 Å². The van der Waals surface area contributed by atoms with E-state index in [1.54, 1.807) is 36.4 Å². The van der Waals surface area contributed by atoms with Crippen LogP contribution in [0.15, 0.2) is 94.7 Å². The maximum Gasteiger partial charge on any atom is 0.270 e. The third-order valence-electron chi connectivity index (χ3n) is 6.94. The summed E-state index contributed by atoms with van der Waals surface area (Å²) < 4.78 is 32.8. The molecule has 2 heterocycles. The summed E-state index contributed by atoms with van der Waals surface area (Å²) in [5.74, 6) is 0. The van der Waals surface area contributed by atoms with Crippen molar-refractivity contribution < 1.29 is 18.3 Å². The number of anilines is 2. The monoisotopic (exact) mass is 696 g/mol. The summed E-state index contributed by atoms with van der Waals surface area (Å²) in [5.41, 5.74) is 2.86. The molecule has 0 saturated carbocycles. The molecule has 0 aliphatic rings. The number of hydrogen-bond donors (Lipinski definition) is 2. The molecule has 2 aromatic heterocycles. The molecule has 0 aliphatic carbocycles. The summed E-state index contributed by atoms with van der Waals surface area (Å²) >= 11 is 13.4. The number of fused-ring (bicyclic) bond motifs is 2. The second-order valence-electron chi connectivity index (χ2n) is 9.63. The molecule has 0 amide bonds. The van der Waals surface area contributed by atoms with Crippen LogP contribution in [0, 0.1) is 28.1 Å². The Hall–Kier alpha value is -4.55. The molecule has 0 radical (unpaired) electrons. The predicted molar refractivity (Wildman–Crippen MR) is 180 cm³/mol. The van der Waals surface area contributed by atoms with E-state index in [9.17, 15) is 28.6 Å². The second-order valence-corrected chi connectivity index (χ2v) is 14.9. The van der Waals surface area contributed by atoms with Gasteiger partial charge in [-0.05, 0) is 85.1 Å². The first-order chi connectivity index (χ1) is 21.5. The fourth-order valence-corrected chi connectivity index (χ4v) is 8.59. The Kier molecular flexibility index (Phi) is 8.19. The van der Waals surface area contributed by atoms with Crippen molar-refractivity contribution >= 4 is 100 Å². The number of rotatable bonds is 10. The Labute approximate surface area is 273 Å². The van der Waals surface area contributed by atoms with Crippen LogP contribution in [0.2, 0.25) is 0 Å². The molecule has 6 rings (SSSR count). The largest absolute Gasteiger partial charge is 0.367 e. The Balaban J connectivity index is 1.12. The fourth-order valence-electron chi connectivity index (χ4n) is 4.62. The zero-order valence-electron chi connectivity index (χ0n) is 22.8. The Bertz CT molecular complexity index is 2180. The summed E-state index contributed by atoms with van der Waals surface area (Å²) in [6.07, 6.45) is 0. The highest BCUT2D eigenvalue weighted by Gasteiger charge is 2.18. The molecule has 0 unspecified atom stereocenters. The van der Waals surface area contributed by atoms with Crippen molar-refractivity contribution in [2.75, 3.05) is 10.6 Å². The van der Waals surface area contributed by atoms with E-state index in [2.05, 4.69) is 10.6 Å². The van der Waals surface area contributed by atoms with E-state index >= 15 is 0 Å². The molecule has 2 N–H and O–H groups in total. The molecule has 4 aromatic carbocycles. The van der Waals surface area contributed by atoms with Gasteiger partial charge in [0.15, 0.2) is 7.91 Å². The lowest BCUT2D eigenvalue weighted by Gasteiger charge is -2.11. The minimum Gasteiger partial charge on any atom is -0.367 e. The van der Waals surface area contributed by atoms with Gasteiger partial charge in [0.2, 0.25) is 9.84 Å². The SMILES string of the molecule is O=[N+]([O-])c1ccc2c(c1)sc(=S)n2CNc1ccc(S(=O)(=O)c2ccc(NCn3c(=S)sc4cc([N+](=O)[O-])ccc43)cc2)cc1. The number of nitrogens with zero attached hydrogens (tertiary/aromatic N) is 4. The standard InChI is InChI=1S/C28H20N6O6S5/c35-33(36)19-5-11-23-25(13-19)43-27(41)31(23)15-29-17-1-7-21(8-2-17)45(39,40)22-9-3-18(4-10-22)30-16-32-24-12-6-20(34(37)38)14-26(24)44-28(32)42/h1-14,29-30H,15-16H2. The number of nitro groups is 2. The molecule has 228 valence electrons. The van der Waals surface area contributed by atoms with Crippen LogP contribution >= 0.6 is 47.1 Å².